The van der Waals surface area contributed by atoms with Crippen LogP contribution in [-0.2, 0) is 4.74 Å². The van der Waals surface area contributed by atoms with E-state index in [1.54, 1.807) is 13.0 Å². The third-order valence-electron chi connectivity index (χ3n) is 3.97. The van der Waals surface area contributed by atoms with Crippen molar-refractivity contribution in [2.24, 2.45) is 0 Å². The SMILES string of the molecule is CCOC(=O)c1ccc2[nH+]c(C)cc(Nc3ccc(Cl)cc3C)c2c1. The molecule has 1 aromatic heterocycles. The van der Waals surface area contributed by atoms with Gasteiger partial charge in [-0.25, -0.2) is 9.78 Å². The lowest BCUT2D eigenvalue weighted by Gasteiger charge is -2.12. The number of nitrogens with one attached hydrogen (secondary N) is 2. The maximum atomic E-state index is 12.0. The second-order valence-electron chi connectivity index (χ2n) is 5.93. The van der Waals surface area contributed by atoms with E-state index in [-0.39, 0.29) is 5.97 Å². The zero-order valence-electron chi connectivity index (χ0n) is 14.4. The molecule has 25 heavy (non-hydrogen) atoms. The van der Waals surface area contributed by atoms with Crippen molar-refractivity contribution < 1.29 is 14.5 Å². The van der Waals surface area contributed by atoms with E-state index in [0.29, 0.717) is 17.2 Å². The van der Waals surface area contributed by atoms with Crippen LogP contribution in [-0.4, -0.2) is 12.6 Å². The molecule has 0 fully saturated rings. The molecule has 0 unspecified atom stereocenters. The Hall–Kier alpha value is -2.59. The molecule has 0 atom stereocenters. The van der Waals surface area contributed by atoms with E-state index in [9.17, 15) is 4.79 Å². The molecule has 0 spiro atoms. The second kappa shape index (κ2) is 7.11. The Labute approximate surface area is 151 Å². The molecule has 0 bridgehead atoms. The second-order valence-corrected chi connectivity index (χ2v) is 6.37. The van der Waals surface area contributed by atoms with Crippen LogP contribution < -0.4 is 10.3 Å². The summed E-state index contributed by atoms with van der Waals surface area (Å²) < 4.78 is 5.11. The summed E-state index contributed by atoms with van der Waals surface area (Å²) in [5.74, 6) is -0.321. The van der Waals surface area contributed by atoms with Crippen molar-refractivity contribution in [2.45, 2.75) is 20.8 Å². The summed E-state index contributed by atoms with van der Waals surface area (Å²) in [7, 11) is 0. The highest BCUT2D eigenvalue weighted by atomic mass is 35.5. The van der Waals surface area contributed by atoms with Gasteiger partial charge < -0.3 is 10.1 Å². The van der Waals surface area contributed by atoms with Crippen molar-refractivity contribution in [1.29, 1.82) is 0 Å². The molecular formula is C20H20ClN2O2+. The summed E-state index contributed by atoms with van der Waals surface area (Å²) in [6, 6.07) is 13.2. The van der Waals surface area contributed by atoms with Gasteiger partial charge in [0.15, 0.2) is 5.69 Å². The fourth-order valence-electron chi connectivity index (χ4n) is 2.78. The van der Waals surface area contributed by atoms with Crippen molar-refractivity contribution in [3.8, 4) is 0 Å². The van der Waals surface area contributed by atoms with E-state index in [2.05, 4.69) is 10.3 Å². The quantitative estimate of drug-likeness (QED) is 0.681. The maximum Gasteiger partial charge on any atom is 0.338 e. The van der Waals surface area contributed by atoms with Crippen molar-refractivity contribution in [1.82, 2.24) is 0 Å². The van der Waals surface area contributed by atoms with Crippen LogP contribution in [0.1, 0.15) is 28.5 Å². The standard InChI is InChI=1S/C20H19ClN2O2/c1-4-25-20(24)14-5-7-18-16(11-14)19(10-13(3)22-18)23-17-8-6-15(21)9-12(17)2/h5-11H,4H2,1-3H3,(H,22,23)/p+1. The van der Waals surface area contributed by atoms with Gasteiger partial charge in [0.05, 0.1) is 23.2 Å². The van der Waals surface area contributed by atoms with E-state index in [1.807, 2.05) is 50.2 Å². The molecule has 0 aliphatic carbocycles. The maximum absolute atomic E-state index is 12.0. The predicted octanol–water partition coefficient (Wildman–Crippen LogP) is 4.84. The minimum absolute atomic E-state index is 0.321. The molecule has 0 saturated heterocycles. The molecular weight excluding hydrogens is 336 g/mol. The summed E-state index contributed by atoms with van der Waals surface area (Å²) >= 11 is 6.04. The highest BCUT2D eigenvalue weighted by molar-refractivity contribution is 6.30. The van der Waals surface area contributed by atoms with Gasteiger partial charge in [-0.3, -0.25) is 0 Å². The Morgan fingerprint density at radius 3 is 2.64 bits per heavy atom. The van der Waals surface area contributed by atoms with Gasteiger partial charge in [-0.1, -0.05) is 11.6 Å². The lowest BCUT2D eigenvalue weighted by atomic mass is 10.1. The minimum Gasteiger partial charge on any atom is -0.462 e. The van der Waals surface area contributed by atoms with Crippen LogP contribution in [0, 0.1) is 13.8 Å². The van der Waals surface area contributed by atoms with E-state index >= 15 is 0 Å². The molecule has 3 aromatic rings. The third kappa shape index (κ3) is 3.74. The monoisotopic (exact) mass is 355 g/mol. The number of fused-ring (bicyclic) bond motifs is 1. The van der Waals surface area contributed by atoms with Crippen LogP contribution in [0.15, 0.2) is 42.5 Å². The van der Waals surface area contributed by atoms with Crippen molar-refractivity contribution >= 4 is 39.8 Å². The van der Waals surface area contributed by atoms with Gasteiger partial charge in [0, 0.05) is 29.8 Å². The number of carbonyl (C=O) groups excluding carboxylic acids is 1. The number of pyridine rings is 1. The lowest BCUT2D eigenvalue weighted by Crippen LogP contribution is -2.11. The highest BCUT2D eigenvalue weighted by Gasteiger charge is 2.14. The number of ether oxygens (including phenoxy) is 1. The van der Waals surface area contributed by atoms with Crippen molar-refractivity contribution in [3.63, 3.8) is 0 Å². The largest absolute Gasteiger partial charge is 0.462 e. The summed E-state index contributed by atoms with van der Waals surface area (Å²) in [5, 5.41) is 5.08. The van der Waals surface area contributed by atoms with Gasteiger partial charge in [0.25, 0.3) is 0 Å². The summed E-state index contributed by atoms with van der Waals surface area (Å²) in [6.45, 7) is 6.15. The first-order valence-electron chi connectivity index (χ1n) is 8.15. The van der Waals surface area contributed by atoms with Gasteiger partial charge in [0.1, 0.15) is 0 Å². The molecule has 0 amide bonds. The Morgan fingerprint density at radius 2 is 1.92 bits per heavy atom. The number of benzene rings is 2. The van der Waals surface area contributed by atoms with E-state index in [0.717, 1.165) is 33.5 Å². The molecule has 2 aromatic carbocycles. The molecule has 0 aliphatic heterocycles. The first-order chi connectivity index (χ1) is 12.0. The molecule has 1 heterocycles. The van der Waals surface area contributed by atoms with Crippen LogP contribution in [0.2, 0.25) is 5.02 Å². The Morgan fingerprint density at radius 1 is 1.12 bits per heavy atom. The zero-order chi connectivity index (χ0) is 18.0. The number of anilines is 2. The Balaban J connectivity index is 2.09. The summed E-state index contributed by atoms with van der Waals surface area (Å²) in [4.78, 5) is 15.4. The lowest BCUT2D eigenvalue weighted by molar-refractivity contribution is -0.354. The van der Waals surface area contributed by atoms with Gasteiger partial charge >= 0.3 is 5.97 Å². The average molecular weight is 356 g/mol. The van der Waals surface area contributed by atoms with Gasteiger partial charge in [-0.15, -0.1) is 0 Å². The number of rotatable bonds is 4. The molecule has 0 aliphatic rings. The third-order valence-corrected chi connectivity index (χ3v) is 4.21. The first kappa shape index (κ1) is 17.2. The van der Waals surface area contributed by atoms with Crippen LogP contribution in [0.25, 0.3) is 10.9 Å². The van der Waals surface area contributed by atoms with E-state index in [1.165, 1.54) is 0 Å². The van der Waals surface area contributed by atoms with E-state index < -0.39 is 0 Å². The molecule has 0 saturated carbocycles. The van der Waals surface area contributed by atoms with E-state index in [4.69, 9.17) is 16.3 Å². The zero-order valence-corrected chi connectivity index (χ0v) is 15.2. The van der Waals surface area contributed by atoms with Crippen LogP contribution >= 0.6 is 11.6 Å². The summed E-state index contributed by atoms with van der Waals surface area (Å²) in [6.07, 6.45) is 0. The molecule has 4 nitrogen and oxygen atoms in total. The van der Waals surface area contributed by atoms with Gasteiger partial charge in [0.2, 0.25) is 5.52 Å². The fourth-order valence-corrected chi connectivity index (χ4v) is 3.00. The number of aromatic nitrogens is 1. The Bertz CT molecular complexity index is 954. The fraction of sp³-hybridized carbons (Fsp3) is 0.200. The smallest absolute Gasteiger partial charge is 0.338 e. The van der Waals surface area contributed by atoms with Gasteiger partial charge in [-0.05, 0) is 49.7 Å². The molecule has 0 radical (unpaired) electrons. The minimum atomic E-state index is -0.321. The number of hydrogen-bond donors (Lipinski definition) is 1. The average Bonchev–Trinajstić information content (AvgIpc) is 2.57. The normalized spacial score (nSPS) is 10.7. The molecule has 2 N–H and O–H groups in total. The van der Waals surface area contributed by atoms with Crippen molar-refractivity contribution in [3.05, 3.63) is 64.3 Å². The summed E-state index contributed by atoms with van der Waals surface area (Å²) in [5.41, 5.74) is 5.43. The van der Waals surface area contributed by atoms with Gasteiger partial charge in [-0.2, -0.15) is 0 Å². The molecule has 3 rings (SSSR count). The molecule has 128 valence electrons. The number of hydrogen-bond acceptors (Lipinski definition) is 3. The topological polar surface area (TPSA) is 52.5 Å². The van der Waals surface area contributed by atoms with Crippen molar-refractivity contribution in [2.75, 3.05) is 11.9 Å². The van der Waals surface area contributed by atoms with Crippen LogP contribution in [0.5, 0.6) is 0 Å². The number of carbonyl (C=O) groups is 1. The highest BCUT2D eigenvalue weighted by Crippen LogP contribution is 2.28. The first-order valence-corrected chi connectivity index (χ1v) is 8.52. The number of aryl methyl sites for hydroxylation is 2. The van der Waals surface area contributed by atoms with Crippen LogP contribution in [0.3, 0.4) is 0 Å². The number of H-pyrrole nitrogens is 1. The number of esters is 1. The molecule has 5 heteroatoms. The Kier molecular flexibility index (Phi) is 4.91. The van der Waals surface area contributed by atoms with Crippen LogP contribution in [0.4, 0.5) is 11.4 Å². The number of halogens is 1. The predicted molar refractivity (Wildman–Crippen MR) is 101 cm³/mol. The number of aromatic amines is 1.